The molecule has 4 aliphatic heterocycles. The Morgan fingerprint density at radius 1 is 0.878 bits per heavy atom. The average molecular weight is 693 g/mol. The molecule has 0 spiro atoms. The van der Waals surface area contributed by atoms with Crippen molar-refractivity contribution in [2.45, 2.75) is 88.7 Å². The lowest BCUT2D eigenvalue weighted by atomic mass is 9.80. The number of fused-ring (bicyclic) bond motifs is 2. The zero-order chi connectivity index (χ0) is 35.1. The summed E-state index contributed by atoms with van der Waals surface area (Å²) in [6, 6.07) is 13.6. The number of rotatable bonds is 10. The van der Waals surface area contributed by atoms with Crippen molar-refractivity contribution in [1.29, 1.82) is 10.5 Å². The van der Waals surface area contributed by atoms with Crippen LogP contribution in [0.4, 0.5) is 0 Å². The highest BCUT2D eigenvalue weighted by Crippen LogP contribution is 2.54. The van der Waals surface area contributed by atoms with E-state index < -0.39 is 37.3 Å². The second-order valence-electron chi connectivity index (χ2n) is 13.9. The molecule has 260 valence electrons. The Hall–Kier alpha value is -3.97. The molecule has 1 unspecified atom stereocenters. The third kappa shape index (κ3) is 7.05. The zero-order valence-electron chi connectivity index (χ0n) is 28.1. The fourth-order valence-corrected chi connectivity index (χ4v) is 8.47. The molecule has 49 heavy (non-hydrogen) atoms. The van der Waals surface area contributed by atoms with Crippen molar-refractivity contribution in [1.82, 2.24) is 9.80 Å². The standard InChI is InChI=1S/C35H41N4O9P/c1-34(2)32(26(21-38-13-5-7-29(38)40)24-17-22(19-36)9-11-27(24)46-34)44-15-16-45-49(42,43)48-33-31(39-14-6-8-30(39)41)25-18-23(20-37)10-12-28(25)47-35(33,3)4/h9-12,17-18,26,31-33H,5-8,13-16,21H2,1-4H3,(H,42,43)/t26-,31-,32+,33+/m1/s1. The molecular weight excluding hydrogens is 651 g/mol. The molecule has 2 amide bonds. The van der Waals surface area contributed by atoms with Crippen LogP contribution in [-0.2, 0) is 27.9 Å². The molecule has 6 rings (SSSR count). The highest BCUT2D eigenvalue weighted by molar-refractivity contribution is 7.47. The normalized spacial score (nSPS) is 26.5. The number of carbonyl (C=O) groups excluding carboxylic acids is 2. The lowest BCUT2D eigenvalue weighted by Crippen LogP contribution is -2.54. The van der Waals surface area contributed by atoms with Crippen molar-refractivity contribution in [3.8, 4) is 23.6 Å². The van der Waals surface area contributed by atoms with Crippen molar-refractivity contribution in [3.05, 3.63) is 58.7 Å². The van der Waals surface area contributed by atoms with Crippen molar-refractivity contribution < 1.29 is 42.3 Å². The summed E-state index contributed by atoms with van der Waals surface area (Å²) in [6.45, 7) is 8.14. The number of likely N-dealkylation sites (tertiary alicyclic amines) is 2. The summed E-state index contributed by atoms with van der Waals surface area (Å²) in [5.41, 5.74) is 0.0576. The number of phosphoric ester groups is 1. The first-order valence-corrected chi connectivity index (χ1v) is 18.0. The Morgan fingerprint density at radius 2 is 1.47 bits per heavy atom. The Morgan fingerprint density at radius 3 is 2.06 bits per heavy atom. The zero-order valence-corrected chi connectivity index (χ0v) is 29.0. The van der Waals surface area contributed by atoms with E-state index in [9.17, 15) is 29.6 Å². The molecule has 1 N–H and O–H groups in total. The number of ether oxygens (including phenoxy) is 3. The van der Waals surface area contributed by atoms with Crippen LogP contribution in [0.25, 0.3) is 0 Å². The molecule has 0 radical (unpaired) electrons. The minimum atomic E-state index is -4.77. The molecule has 4 aliphatic rings. The van der Waals surface area contributed by atoms with E-state index in [1.54, 1.807) is 60.0 Å². The predicted octanol–water partition coefficient (Wildman–Crippen LogP) is 4.73. The van der Waals surface area contributed by atoms with Gasteiger partial charge in [-0.15, -0.1) is 0 Å². The van der Waals surface area contributed by atoms with Gasteiger partial charge in [0.15, 0.2) is 0 Å². The van der Waals surface area contributed by atoms with E-state index in [2.05, 4.69) is 12.1 Å². The molecule has 14 heteroatoms. The van der Waals surface area contributed by atoms with Crippen LogP contribution in [0, 0.1) is 22.7 Å². The number of nitriles is 2. The summed E-state index contributed by atoms with van der Waals surface area (Å²) >= 11 is 0. The fraction of sp³-hybridized carbons (Fsp3) is 0.543. The van der Waals surface area contributed by atoms with Crippen LogP contribution in [0.5, 0.6) is 11.5 Å². The van der Waals surface area contributed by atoms with E-state index in [1.807, 2.05) is 13.8 Å². The van der Waals surface area contributed by atoms with Gasteiger partial charge < -0.3 is 28.9 Å². The third-order valence-electron chi connectivity index (χ3n) is 9.68. The van der Waals surface area contributed by atoms with Gasteiger partial charge in [-0.25, -0.2) is 4.57 Å². The van der Waals surface area contributed by atoms with Crippen molar-refractivity contribution in [2.75, 3.05) is 32.8 Å². The Balaban J connectivity index is 1.19. The van der Waals surface area contributed by atoms with Gasteiger partial charge in [0.25, 0.3) is 0 Å². The molecule has 0 aliphatic carbocycles. The number of phosphoric acid groups is 1. The van der Waals surface area contributed by atoms with Gasteiger partial charge in [0, 0.05) is 49.5 Å². The van der Waals surface area contributed by atoms with Gasteiger partial charge in [-0.3, -0.25) is 18.6 Å². The van der Waals surface area contributed by atoms with Crippen LogP contribution in [0.1, 0.15) is 87.6 Å². The number of amides is 2. The minimum absolute atomic E-state index is 0.0535. The summed E-state index contributed by atoms with van der Waals surface area (Å²) in [7, 11) is -4.77. The maximum atomic E-state index is 13.5. The molecular formula is C35H41N4O9P. The number of hydrogen-bond acceptors (Lipinski definition) is 10. The SMILES string of the molecule is CC1(C)Oc2ccc(C#N)cc2[C@@H](CN2CCCC2=O)[C@@H]1OCCOP(=O)(O)O[C@H]1[C@H](N2CCCC2=O)c2cc(C#N)ccc2OC1(C)C. The lowest BCUT2D eigenvalue weighted by Gasteiger charge is -2.47. The number of carbonyl (C=O) groups is 2. The van der Waals surface area contributed by atoms with E-state index in [1.165, 1.54) is 0 Å². The van der Waals surface area contributed by atoms with Crippen LogP contribution < -0.4 is 9.47 Å². The molecule has 13 nitrogen and oxygen atoms in total. The highest BCUT2D eigenvalue weighted by Gasteiger charge is 2.52. The van der Waals surface area contributed by atoms with Crippen LogP contribution >= 0.6 is 7.82 Å². The predicted molar refractivity (Wildman–Crippen MR) is 174 cm³/mol. The smallest absolute Gasteiger partial charge is 0.472 e. The monoisotopic (exact) mass is 692 g/mol. The minimum Gasteiger partial charge on any atom is -0.485 e. The van der Waals surface area contributed by atoms with Gasteiger partial charge in [-0.1, -0.05) is 0 Å². The Bertz CT molecular complexity index is 1770. The van der Waals surface area contributed by atoms with Crippen molar-refractivity contribution >= 4 is 19.6 Å². The molecule has 2 aromatic rings. The van der Waals surface area contributed by atoms with E-state index in [-0.39, 0.29) is 30.9 Å². The number of nitrogens with zero attached hydrogens (tertiary/aromatic N) is 4. The second-order valence-corrected chi connectivity index (χ2v) is 15.4. The molecule has 0 aromatic heterocycles. The largest absolute Gasteiger partial charge is 0.485 e. The summed E-state index contributed by atoms with van der Waals surface area (Å²) in [5, 5.41) is 19.1. The molecule has 0 bridgehead atoms. The first-order chi connectivity index (χ1) is 23.2. The first kappa shape index (κ1) is 34.9. The topological polar surface area (TPSA) is 172 Å². The first-order valence-electron chi connectivity index (χ1n) is 16.5. The van der Waals surface area contributed by atoms with Crippen LogP contribution in [-0.4, -0.2) is 82.8 Å². The summed E-state index contributed by atoms with van der Waals surface area (Å²) in [6.07, 6.45) is 0.473. The van der Waals surface area contributed by atoms with E-state index in [0.29, 0.717) is 67.1 Å². The van der Waals surface area contributed by atoms with Crippen molar-refractivity contribution in [2.24, 2.45) is 0 Å². The summed E-state index contributed by atoms with van der Waals surface area (Å²) in [5.74, 6) is 0.650. The Labute approximate surface area is 285 Å². The van der Waals surface area contributed by atoms with Gasteiger partial charge in [0.05, 0.1) is 42.5 Å². The lowest BCUT2D eigenvalue weighted by molar-refractivity contribution is -0.139. The number of benzene rings is 2. The summed E-state index contributed by atoms with van der Waals surface area (Å²) in [4.78, 5) is 40.0. The van der Waals surface area contributed by atoms with E-state index in [0.717, 1.165) is 12.0 Å². The van der Waals surface area contributed by atoms with Gasteiger partial charge in [-0.2, -0.15) is 10.5 Å². The molecule has 2 saturated heterocycles. The quantitative estimate of drug-likeness (QED) is 0.270. The van der Waals surface area contributed by atoms with E-state index >= 15 is 0 Å². The highest BCUT2D eigenvalue weighted by atomic mass is 31.2. The Kier molecular flexibility index (Phi) is 9.53. The van der Waals surface area contributed by atoms with Gasteiger partial charge >= 0.3 is 7.82 Å². The van der Waals surface area contributed by atoms with Crippen LogP contribution in [0.15, 0.2) is 36.4 Å². The molecule has 0 saturated carbocycles. The van der Waals surface area contributed by atoms with Gasteiger partial charge in [0.1, 0.15) is 34.9 Å². The van der Waals surface area contributed by atoms with Gasteiger partial charge in [-0.05, 0) is 76.9 Å². The molecule has 2 fully saturated rings. The molecule has 2 aromatic carbocycles. The number of hydrogen-bond donors (Lipinski definition) is 1. The maximum Gasteiger partial charge on any atom is 0.472 e. The second kappa shape index (κ2) is 13.4. The van der Waals surface area contributed by atoms with Crippen molar-refractivity contribution in [3.63, 3.8) is 0 Å². The van der Waals surface area contributed by atoms with Crippen LogP contribution in [0.2, 0.25) is 0 Å². The summed E-state index contributed by atoms with van der Waals surface area (Å²) < 4.78 is 43.7. The molecule has 5 atom stereocenters. The third-order valence-corrected chi connectivity index (χ3v) is 10.7. The van der Waals surface area contributed by atoms with E-state index in [4.69, 9.17) is 23.3 Å². The maximum absolute atomic E-state index is 13.5. The van der Waals surface area contributed by atoms with Crippen LogP contribution in [0.3, 0.4) is 0 Å². The fourth-order valence-electron chi connectivity index (χ4n) is 7.44. The molecule has 4 heterocycles. The van der Waals surface area contributed by atoms with Gasteiger partial charge in [0.2, 0.25) is 11.8 Å². The average Bonchev–Trinajstić information content (AvgIpc) is 3.66.